The van der Waals surface area contributed by atoms with Crippen LogP contribution < -0.4 is 10.5 Å². The van der Waals surface area contributed by atoms with Crippen molar-refractivity contribution in [3.63, 3.8) is 0 Å². The molecule has 0 saturated carbocycles. The summed E-state index contributed by atoms with van der Waals surface area (Å²) in [4.78, 5) is 15.1. The van der Waals surface area contributed by atoms with Crippen molar-refractivity contribution in [1.82, 2.24) is 4.98 Å². The third kappa shape index (κ3) is 2.31. The zero-order chi connectivity index (χ0) is 14.1. The van der Waals surface area contributed by atoms with Gasteiger partial charge >= 0.3 is 0 Å². The van der Waals surface area contributed by atoms with Crippen LogP contribution in [-0.2, 0) is 0 Å². The third-order valence-corrected chi connectivity index (χ3v) is 2.95. The number of nitrogens with zero attached hydrogens (tertiary/aromatic N) is 1. The van der Waals surface area contributed by atoms with Gasteiger partial charge in [0.1, 0.15) is 5.75 Å². The van der Waals surface area contributed by atoms with Crippen molar-refractivity contribution in [1.29, 1.82) is 0 Å². The van der Waals surface area contributed by atoms with Crippen molar-refractivity contribution < 1.29 is 13.9 Å². The molecule has 0 aliphatic heterocycles. The van der Waals surface area contributed by atoms with Crippen LogP contribution in [0.4, 0.5) is 0 Å². The Morgan fingerprint density at radius 2 is 2.00 bits per heavy atom. The number of furan rings is 1. The van der Waals surface area contributed by atoms with E-state index in [-0.39, 0.29) is 5.76 Å². The Kier molecular flexibility index (Phi) is 3.04. The normalized spacial score (nSPS) is 10.7. The number of carbonyl (C=O) groups is 1. The van der Waals surface area contributed by atoms with Crippen LogP contribution in [0.25, 0.3) is 11.0 Å². The summed E-state index contributed by atoms with van der Waals surface area (Å²) in [7, 11) is 0. The molecule has 1 amide bonds. The van der Waals surface area contributed by atoms with Gasteiger partial charge in [0.25, 0.3) is 5.91 Å². The number of aromatic nitrogens is 1. The van der Waals surface area contributed by atoms with Crippen molar-refractivity contribution in [3.05, 3.63) is 53.5 Å². The largest absolute Gasteiger partial charge is 0.455 e. The molecular formula is C14H9ClN2O3. The number of pyridine rings is 1. The number of rotatable bonds is 3. The fourth-order valence-electron chi connectivity index (χ4n) is 1.77. The number of fused-ring (bicyclic) bond motifs is 1. The van der Waals surface area contributed by atoms with Crippen LogP contribution in [0.3, 0.4) is 0 Å². The number of halogens is 1. The Balaban J connectivity index is 2.02. The second kappa shape index (κ2) is 4.86. The summed E-state index contributed by atoms with van der Waals surface area (Å²) in [6.07, 6.45) is 3.04. The predicted molar refractivity (Wildman–Crippen MR) is 74.1 cm³/mol. The summed E-state index contributed by atoms with van der Waals surface area (Å²) in [6.45, 7) is 0. The zero-order valence-electron chi connectivity index (χ0n) is 10.2. The summed E-state index contributed by atoms with van der Waals surface area (Å²) < 4.78 is 11.0. The third-order valence-electron chi connectivity index (χ3n) is 2.69. The summed E-state index contributed by atoms with van der Waals surface area (Å²) in [5, 5.41) is 1.25. The van der Waals surface area contributed by atoms with E-state index in [4.69, 9.17) is 26.5 Å². The maximum atomic E-state index is 11.1. The van der Waals surface area contributed by atoms with Crippen molar-refractivity contribution in [2.45, 2.75) is 0 Å². The highest BCUT2D eigenvalue weighted by Crippen LogP contribution is 2.31. The maximum Gasteiger partial charge on any atom is 0.284 e. The molecule has 0 aliphatic rings. The average Bonchev–Trinajstić information content (AvgIpc) is 2.87. The molecule has 3 aromatic rings. The molecule has 1 aromatic carbocycles. The molecule has 20 heavy (non-hydrogen) atoms. The van der Waals surface area contributed by atoms with Crippen LogP contribution in [0, 0.1) is 0 Å². The van der Waals surface area contributed by atoms with Gasteiger partial charge in [-0.05, 0) is 24.3 Å². The van der Waals surface area contributed by atoms with E-state index in [1.54, 1.807) is 24.3 Å². The van der Waals surface area contributed by atoms with Gasteiger partial charge in [0.15, 0.2) is 17.1 Å². The number of primary amides is 1. The van der Waals surface area contributed by atoms with Crippen LogP contribution in [0.2, 0.25) is 5.02 Å². The van der Waals surface area contributed by atoms with E-state index < -0.39 is 5.91 Å². The predicted octanol–water partition coefficient (Wildman–Crippen LogP) is 3.37. The standard InChI is InChI=1S/C14H9ClN2O3/c15-8-1-3-9(4-2-8)19-12-6-17-7-13-10(12)5-11(20-13)14(16)18/h1-7H,(H2,16,18). The minimum Gasteiger partial charge on any atom is -0.455 e. The number of ether oxygens (including phenoxy) is 1. The zero-order valence-corrected chi connectivity index (χ0v) is 10.9. The van der Waals surface area contributed by atoms with E-state index >= 15 is 0 Å². The molecule has 6 heteroatoms. The topological polar surface area (TPSA) is 78.4 Å². The molecule has 0 aliphatic carbocycles. The Bertz CT molecular complexity index is 781. The first kappa shape index (κ1) is 12.5. The Morgan fingerprint density at radius 3 is 2.70 bits per heavy atom. The molecule has 0 radical (unpaired) electrons. The summed E-state index contributed by atoms with van der Waals surface area (Å²) >= 11 is 5.81. The van der Waals surface area contributed by atoms with Gasteiger partial charge in [-0.1, -0.05) is 11.6 Å². The minimum absolute atomic E-state index is 0.0638. The van der Waals surface area contributed by atoms with Crippen molar-refractivity contribution in [2.24, 2.45) is 5.73 Å². The molecule has 3 rings (SSSR count). The number of hydrogen-bond acceptors (Lipinski definition) is 4. The molecule has 0 fully saturated rings. The lowest BCUT2D eigenvalue weighted by Gasteiger charge is -2.05. The lowest BCUT2D eigenvalue weighted by Crippen LogP contribution is -2.08. The molecule has 5 nitrogen and oxygen atoms in total. The van der Waals surface area contributed by atoms with Gasteiger partial charge in [-0.25, -0.2) is 0 Å². The van der Waals surface area contributed by atoms with E-state index in [0.29, 0.717) is 27.5 Å². The average molecular weight is 289 g/mol. The fraction of sp³-hybridized carbons (Fsp3) is 0. The van der Waals surface area contributed by atoms with Gasteiger partial charge in [0, 0.05) is 11.1 Å². The van der Waals surface area contributed by atoms with E-state index in [1.807, 2.05) is 0 Å². The summed E-state index contributed by atoms with van der Waals surface area (Å²) in [5.41, 5.74) is 5.62. The monoisotopic (exact) mass is 288 g/mol. The highest BCUT2D eigenvalue weighted by Gasteiger charge is 2.13. The molecule has 0 saturated heterocycles. The Morgan fingerprint density at radius 1 is 1.25 bits per heavy atom. The van der Waals surface area contributed by atoms with Crippen LogP contribution in [0.15, 0.2) is 47.1 Å². The first-order valence-corrected chi connectivity index (χ1v) is 6.12. The van der Waals surface area contributed by atoms with Gasteiger partial charge in [-0.2, -0.15) is 0 Å². The summed E-state index contributed by atoms with van der Waals surface area (Å²) in [6, 6.07) is 8.43. The number of carbonyl (C=O) groups excluding carboxylic acids is 1. The first-order chi connectivity index (χ1) is 9.63. The molecule has 2 heterocycles. The van der Waals surface area contributed by atoms with E-state index in [2.05, 4.69) is 4.98 Å². The lowest BCUT2D eigenvalue weighted by atomic mass is 10.3. The summed E-state index contributed by atoms with van der Waals surface area (Å²) in [5.74, 6) is 0.499. The highest BCUT2D eigenvalue weighted by atomic mass is 35.5. The van der Waals surface area contributed by atoms with Gasteiger partial charge in [0.2, 0.25) is 0 Å². The second-order valence-corrected chi connectivity index (χ2v) is 4.52. The first-order valence-electron chi connectivity index (χ1n) is 5.74. The molecule has 0 bridgehead atoms. The van der Waals surface area contributed by atoms with Crippen LogP contribution in [0.5, 0.6) is 11.5 Å². The Labute approximate surface area is 118 Å². The molecule has 2 N–H and O–H groups in total. The van der Waals surface area contributed by atoms with Gasteiger partial charge in [-0.3, -0.25) is 9.78 Å². The number of benzene rings is 1. The molecule has 0 unspecified atom stereocenters. The van der Waals surface area contributed by atoms with E-state index in [0.717, 1.165) is 0 Å². The van der Waals surface area contributed by atoms with Crippen LogP contribution >= 0.6 is 11.6 Å². The molecule has 2 aromatic heterocycles. The van der Waals surface area contributed by atoms with Crippen molar-refractivity contribution in [3.8, 4) is 11.5 Å². The smallest absolute Gasteiger partial charge is 0.284 e. The molecular weight excluding hydrogens is 280 g/mol. The SMILES string of the molecule is NC(=O)c1cc2c(Oc3ccc(Cl)cc3)cncc2o1. The minimum atomic E-state index is -0.640. The lowest BCUT2D eigenvalue weighted by molar-refractivity contribution is 0.0976. The van der Waals surface area contributed by atoms with Crippen molar-refractivity contribution >= 4 is 28.5 Å². The number of nitrogens with two attached hydrogens (primary N) is 1. The molecule has 0 atom stereocenters. The second-order valence-electron chi connectivity index (χ2n) is 4.08. The quantitative estimate of drug-likeness (QED) is 0.801. The van der Waals surface area contributed by atoms with E-state index in [9.17, 15) is 4.79 Å². The van der Waals surface area contributed by atoms with E-state index in [1.165, 1.54) is 18.5 Å². The van der Waals surface area contributed by atoms with Crippen molar-refractivity contribution in [2.75, 3.05) is 0 Å². The van der Waals surface area contributed by atoms with Gasteiger partial charge < -0.3 is 14.9 Å². The Hall–Kier alpha value is -2.53. The molecule has 0 spiro atoms. The highest BCUT2D eigenvalue weighted by molar-refractivity contribution is 6.30. The van der Waals surface area contributed by atoms with Crippen LogP contribution in [0.1, 0.15) is 10.6 Å². The molecule has 100 valence electrons. The number of amides is 1. The maximum absolute atomic E-state index is 11.1. The number of hydrogen-bond donors (Lipinski definition) is 1. The fourth-order valence-corrected chi connectivity index (χ4v) is 1.89. The van der Waals surface area contributed by atoms with Gasteiger partial charge in [-0.15, -0.1) is 0 Å². The van der Waals surface area contributed by atoms with Crippen LogP contribution in [-0.4, -0.2) is 10.9 Å². The van der Waals surface area contributed by atoms with Gasteiger partial charge in [0.05, 0.1) is 17.8 Å².